The van der Waals surface area contributed by atoms with Gasteiger partial charge in [0.2, 0.25) is 5.91 Å². The number of nitrogens with zero attached hydrogens (tertiary/aromatic N) is 2. The Kier molecular flexibility index (Phi) is 8.94. The van der Waals surface area contributed by atoms with Gasteiger partial charge in [0.25, 0.3) is 5.91 Å². The molecule has 2 aromatic rings. The van der Waals surface area contributed by atoms with E-state index in [-0.39, 0.29) is 24.0 Å². The maximum Gasteiger partial charge on any atom is 0.254 e. The monoisotopic (exact) mass is 498 g/mol. The average molecular weight is 499 g/mol. The third-order valence-electron chi connectivity index (χ3n) is 7.01. The number of likely N-dealkylation sites (tertiary alicyclic amines) is 1. The van der Waals surface area contributed by atoms with Gasteiger partial charge in [-0.3, -0.25) is 14.5 Å². The largest absolute Gasteiger partial charge is 0.377 e. The predicted octanol–water partition coefficient (Wildman–Crippen LogP) is 3.09. The van der Waals surface area contributed by atoms with Gasteiger partial charge in [0.15, 0.2) is 0 Å². The standard InChI is InChI=1S/C27H38N4O3S/c1-19-5-8-21(9-6-19)27(33)31-14-11-22(16-25(31)26(32)29-13-12-28)30(17-23-4-3-15-34-23)18-24-10-7-20(2)35-24/h5-10,22-23,25H,3-4,11-18,28H2,1-2H3,(H,29,32)/t22?,23?,25-/m1/s1. The van der Waals surface area contributed by atoms with Gasteiger partial charge in [-0.1, -0.05) is 17.7 Å². The van der Waals surface area contributed by atoms with Crippen LogP contribution in [0.2, 0.25) is 0 Å². The van der Waals surface area contributed by atoms with Crippen molar-refractivity contribution < 1.29 is 14.3 Å². The zero-order valence-corrected chi connectivity index (χ0v) is 21.7. The minimum atomic E-state index is -0.522. The fraction of sp³-hybridized carbons (Fsp3) is 0.556. The third kappa shape index (κ3) is 6.70. The second kappa shape index (κ2) is 12.1. The molecule has 35 heavy (non-hydrogen) atoms. The quantitative estimate of drug-likeness (QED) is 0.555. The smallest absolute Gasteiger partial charge is 0.254 e. The molecule has 0 aliphatic carbocycles. The summed E-state index contributed by atoms with van der Waals surface area (Å²) >= 11 is 1.82. The van der Waals surface area contributed by atoms with Crippen LogP contribution in [0.15, 0.2) is 36.4 Å². The first-order chi connectivity index (χ1) is 16.9. The number of ether oxygens (including phenoxy) is 1. The van der Waals surface area contributed by atoms with Gasteiger partial charge in [-0.25, -0.2) is 0 Å². The lowest BCUT2D eigenvalue weighted by molar-refractivity contribution is -0.127. The molecule has 8 heteroatoms. The fourth-order valence-corrected chi connectivity index (χ4v) is 6.02. The Morgan fingerprint density at radius 2 is 1.97 bits per heavy atom. The first kappa shape index (κ1) is 25.8. The third-order valence-corrected chi connectivity index (χ3v) is 8.00. The van der Waals surface area contributed by atoms with Crippen LogP contribution in [-0.4, -0.2) is 72.6 Å². The highest BCUT2D eigenvalue weighted by Gasteiger charge is 2.39. The zero-order chi connectivity index (χ0) is 24.8. The van der Waals surface area contributed by atoms with E-state index in [1.165, 1.54) is 9.75 Å². The van der Waals surface area contributed by atoms with Gasteiger partial charge in [-0.15, -0.1) is 11.3 Å². The van der Waals surface area contributed by atoms with Crippen molar-refractivity contribution in [3.05, 3.63) is 57.3 Å². The molecule has 0 spiro atoms. The molecule has 0 saturated carbocycles. The number of nitrogens with one attached hydrogen (secondary N) is 1. The fourth-order valence-electron chi connectivity index (χ4n) is 5.11. The summed E-state index contributed by atoms with van der Waals surface area (Å²) in [7, 11) is 0. The Morgan fingerprint density at radius 1 is 1.17 bits per heavy atom. The Labute approximate surface area is 212 Å². The molecule has 1 aromatic carbocycles. The van der Waals surface area contributed by atoms with Crippen molar-refractivity contribution >= 4 is 23.2 Å². The number of carbonyl (C=O) groups excluding carboxylic acids is 2. The molecular formula is C27H38N4O3S. The molecule has 3 N–H and O–H groups in total. The molecule has 2 unspecified atom stereocenters. The Balaban J connectivity index is 1.54. The van der Waals surface area contributed by atoms with Crippen LogP contribution in [0.4, 0.5) is 0 Å². The Bertz CT molecular complexity index is 987. The number of benzene rings is 1. The number of hydrogen-bond donors (Lipinski definition) is 2. The van der Waals surface area contributed by atoms with Crippen molar-refractivity contribution in [2.45, 2.75) is 64.3 Å². The molecule has 0 bridgehead atoms. The van der Waals surface area contributed by atoms with Gasteiger partial charge in [0.1, 0.15) is 6.04 Å². The molecule has 2 aliphatic rings. The van der Waals surface area contributed by atoms with Crippen molar-refractivity contribution in [3.63, 3.8) is 0 Å². The number of nitrogens with two attached hydrogens (primary N) is 1. The zero-order valence-electron chi connectivity index (χ0n) is 20.9. The van der Waals surface area contributed by atoms with E-state index in [0.29, 0.717) is 31.6 Å². The number of piperidine rings is 1. The van der Waals surface area contributed by atoms with E-state index in [9.17, 15) is 9.59 Å². The molecule has 2 amide bonds. The van der Waals surface area contributed by atoms with Crippen LogP contribution < -0.4 is 11.1 Å². The molecule has 7 nitrogen and oxygen atoms in total. The maximum absolute atomic E-state index is 13.4. The number of thiophene rings is 1. The van der Waals surface area contributed by atoms with E-state index in [1.807, 2.05) is 42.5 Å². The summed E-state index contributed by atoms with van der Waals surface area (Å²) in [5.41, 5.74) is 7.37. The van der Waals surface area contributed by atoms with Gasteiger partial charge in [0, 0.05) is 60.7 Å². The highest BCUT2D eigenvalue weighted by atomic mass is 32.1. The summed E-state index contributed by atoms with van der Waals surface area (Å²) in [4.78, 5) is 33.5. The number of amides is 2. The minimum absolute atomic E-state index is 0.0871. The van der Waals surface area contributed by atoms with Crippen LogP contribution in [0.3, 0.4) is 0 Å². The Morgan fingerprint density at radius 3 is 2.63 bits per heavy atom. The lowest BCUT2D eigenvalue weighted by Crippen LogP contribution is -2.58. The SMILES string of the molecule is Cc1ccc(C(=O)N2CCC(N(Cc3ccc(C)s3)CC3CCCO3)C[C@@H]2C(=O)NCCN)cc1. The van der Waals surface area contributed by atoms with Gasteiger partial charge in [-0.05, 0) is 63.8 Å². The van der Waals surface area contributed by atoms with Crippen LogP contribution in [0.5, 0.6) is 0 Å². The van der Waals surface area contributed by atoms with Gasteiger partial charge >= 0.3 is 0 Å². The van der Waals surface area contributed by atoms with Crippen molar-refractivity contribution in [2.24, 2.45) is 5.73 Å². The van der Waals surface area contributed by atoms with Gasteiger partial charge in [-0.2, -0.15) is 0 Å². The second-order valence-electron chi connectivity index (χ2n) is 9.72. The molecule has 190 valence electrons. The van der Waals surface area contributed by atoms with E-state index in [4.69, 9.17) is 10.5 Å². The van der Waals surface area contributed by atoms with Crippen LogP contribution in [0, 0.1) is 13.8 Å². The molecule has 4 rings (SSSR count). The summed E-state index contributed by atoms with van der Waals surface area (Å²) in [6, 6.07) is 11.6. The lowest BCUT2D eigenvalue weighted by atomic mass is 9.93. The van der Waals surface area contributed by atoms with E-state index >= 15 is 0 Å². The van der Waals surface area contributed by atoms with E-state index in [2.05, 4.69) is 29.3 Å². The Hall–Kier alpha value is -2.26. The molecule has 3 heterocycles. The highest BCUT2D eigenvalue weighted by molar-refractivity contribution is 7.11. The topological polar surface area (TPSA) is 87.9 Å². The molecule has 2 saturated heterocycles. The summed E-state index contributed by atoms with van der Waals surface area (Å²) in [6.07, 6.45) is 3.84. The van der Waals surface area contributed by atoms with Crippen molar-refractivity contribution in [1.29, 1.82) is 0 Å². The molecule has 0 radical (unpaired) electrons. The van der Waals surface area contributed by atoms with Crippen LogP contribution in [0.1, 0.15) is 51.4 Å². The molecule has 3 atom stereocenters. The molecule has 2 aliphatic heterocycles. The average Bonchev–Trinajstić information content (AvgIpc) is 3.53. The van der Waals surface area contributed by atoms with Gasteiger partial charge in [0.05, 0.1) is 6.10 Å². The summed E-state index contributed by atoms with van der Waals surface area (Å²) in [6.45, 7) is 7.97. The summed E-state index contributed by atoms with van der Waals surface area (Å²) in [5.74, 6) is -0.208. The maximum atomic E-state index is 13.4. The van der Waals surface area contributed by atoms with Crippen LogP contribution in [0.25, 0.3) is 0 Å². The van der Waals surface area contributed by atoms with Crippen molar-refractivity contribution in [3.8, 4) is 0 Å². The van der Waals surface area contributed by atoms with Crippen molar-refractivity contribution in [2.75, 3.05) is 32.8 Å². The first-order valence-electron chi connectivity index (χ1n) is 12.7. The lowest BCUT2D eigenvalue weighted by Gasteiger charge is -2.43. The van der Waals surface area contributed by atoms with Crippen LogP contribution in [-0.2, 0) is 16.1 Å². The number of rotatable bonds is 9. The number of hydrogen-bond acceptors (Lipinski definition) is 6. The molecule has 1 aromatic heterocycles. The highest BCUT2D eigenvalue weighted by Crippen LogP contribution is 2.28. The van der Waals surface area contributed by atoms with E-state index in [1.54, 1.807) is 4.90 Å². The molecule has 2 fully saturated rings. The van der Waals surface area contributed by atoms with E-state index < -0.39 is 6.04 Å². The van der Waals surface area contributed by atoms with Crippen molar-refractivity contribution in [1.82, 2.24) is 15.1 Å². The predicted molar refractivity (Wildman–Crippen MR) is 140 cm³/mol. The van der Waals surface area contributed by atoms with Gasteiger partial charge < -0.3 is 20.7 Å². The summed E-state index contributed by atoms with van der Waals surface area (Å²) in [5, 5.41) is 2.93. The van der Waals surface area contributed by atoms with Crippen LogP contribution >= 0.6 is 11.3 Å². The van der Waals surface area contributed by atoms with E-state index in [0.717, 1.165) is 44.5 Å². The minimum Gasteiger partial charge on any atom is -0.377 e. The number of carbonyl (C=O) groups is 2. The summed E-state index contributed by atoms with van der Waals surface area (Å²) < 4.78 is 5.98. The number of aryl methyl sites for hydroxylation is 2. The second-order valence-corrected chi connectivity index (χ2v) is 11.1. The first-order valence-corrected chi connectivity index (χ1v) is 13.5. The molecular weight excluding hydrogens is 460 g/mol. The normalized spacial score (nSPS) is 22.5.